The molecule has 84 valence electrons. The maximum Gasteiger partial charge on any atom is 0.213 e. The Morgan fingerprint density at radius 1 is 1.38 bits per heavy atom. The predicted molar refractivity (Wildman–Crippen MR) is 63.5 cm³/mol. The second-order valence-corrected chi connectivity index (χ2v) is 3.55. The molecule has 0 amide bonds. The molecular weight excluding hydrogens is 202 g/mol. The molecule has 0 aromatic carbocycles. The van der Waals surface area contributed by atoms with Gasteiger partial charge in [-0.3, -0.25) is 0 Å². The van der Waals surface area contributed by atoms with Crippen molar-refractivity contribution in [1.29, 1.82) is 0 Å². The largest absolute Gasteiger partial charge is 0.481 e. The van der Waals surface area contributed by atoms with Crippen LogP contribution in [0.1, 0.15) is 5.69 Å². The van der Waals surface area contributed by atoms with E-state index in [0.717, 1.165) is 12.2 Å². The highest BCUT2D eigenvalue weighted by Gasteiger charge is 1.98. The number of hydrogen-bond acceptors (Lipinski definition) is 3. The molecule has 0 bridgehead atoms. The monoisotopic (exact) mass is 217 g/mol. The van der Waals surface area contributed by atoms with Crippen LogP contribution in [0.2, 0.25) is 0 Å². The van der Waals surface area contributed by atoms with Crippen molar-refractivity contribution in [3.8, 4) is 5.88 Å². The maximum absolute atomic E-state index is 5.00. The Labute approximate surface area is 94.9 Å². The first-order valence-corrected chi connectivity index (χ1v) is 5.14. The summed E-state index contributed by atoms with van der Waals surface area (Å²) in [6, 6.07) is 7.91. The van der Waals surface area contributed by atoms with Gasteiger partial charge in [0.1, 0.15) is 0 Å². The summed E-state index contributed by atoms with van der Waals surface area (Å²) in [4.78, 5) is 4.13. The Morgan fingerprint density at radius 3 is 2.81 bits per heavy atom. The lowest BCUT2D eigenvalue weighted by Crippen LogP contribution is -2.04. The molecule has 2 aromatic rings. The molecule has 0 fully saturated rings. The first kappa shape index (κ1) is 10.5. The minimum Gasteiger partial charge on any atom is -0.481 e. The number of hydrogen-bond donors (Lipinski definition) is 1. The van der Waals surface area contributed by atoms with Gasteiger partial charge in [-0.2, -0.15) is 0 Å². The molecule has 2 rings (SSSR count). The quantitative estimate of drug-likeness (QED) is 0.851. The second kappa shape index (κ2) is 4.70. The summed E-state index contributed by atoms with van der Waals surface area (Å²) in [5, 5.41) is 3.30. The molecule has 2 aromatic heterocycles. The van der Waals surface area contributed by atoms with Crippen LogP contribution in [0.3, 0.4) is 0 Å². The van der Waals surface area contributed by atoms with Crippen molar-refractivity contribution in [3.63, 3.8) is 0 Å². The molecule has 0 unspecified atom stereocenters. The van der Waals surface area contributed by atoms with Crippen LogP contribution in [0.5, 0.6) is 5.88 Å². The van der Waals surface area contributed by atoms with Gasteiger partial charge in [0, 0.05) is 25.0 Å². The molecule has 0 radical (unpaired) electrons. The molecule has 2 heterocycles. The third-order valence-corrected chi connectivity index (χ3v) is 2.47. The van der Waals surface area contributed by atoms with Crippen molar-refractivity contribution in [2.75, 3.05) is 12.4 Å². The van der Waals surface area contributed by atoms with E-state index in [9.17, 15) is 0 Å². The molecule has 0 aliphatic rings. The number of pyridine rings is 1. The lowest BCUT2D eigenvalue weighted by molar-refractivity contribution is 0.398. The van der Waals surface area contributed by atoms with Gasteiger partial charge in [-0.25, -0.2) is 4.98 Å². The van der Waals surface area contributed by atoms with E-state index in [4.69, 9.17) is 4.74 Å². The molecule has 0 aliphatic heterocycles. The Bertz CT molecular complexity index is 448. The normalized spacial score (nSPS) is 10.1. The minimum atomic E-state index is 0.629. The molecule has 0 atom stereocenters. The lowest BCUT2D eigenvalue weighted by atomic mass is 10.3. The van der Waals surface area contributed by atoms with Crippen molar-refractivity contribution in [3.05, 3.63) is 42.4 Å². The van der Waals surface area contributed by atoms with Crippen LogP contribution >= 0.6 is 0 Å². The van der Waals surface area contributed by atoms with E-state index in [1.165, 1.54) is 5.69 Å². The van der Waals surface area contributed by atoms with Crippen molar-refractivity contribution < 1.29 is 4.74 Å². The average molecular weight is 217 g/mol. The van der Waals surface area contributed by atoms with E-state index in [1.807, 2.05) is 31.4 Å². The molecule has 16 heavy (non-hydrogen) atoms. The zero-order valence-corrected chi connectivity index (χ0v) is 9.47. The number of rotatable bonds is 4. The molecule has 0 saturated carbocycles. The lowest BCUT2D eigenvalue weighted by Gasteiger charge is -2.07. The van der Waals surface area contributed by atoms with E-state index >= 15 is 0 Å². The molecule has 0 aliphatic carbocycles. The summed E-state index contributed by atoms with van der Waals surface area (Å²) in [6.07, 6.45) is 3.80. The van der Waals surface area contributed by atoms with E-state index in [1.54, 1.807) is 13.3 Å². The summed E-state index contributed by atoms with van der Waals surface area (Å²) >= 11 is 0. The van der Waals surface area contributed by atoms with Crippen LogP contribution in [-0.4, -0.2) is 16.7 Å². The van der Waals surface area contributed by atoms with Gasteiger partial charge in [0.2, 0.25) is 5.88 Å². The van der Waals surface area contributed by atoms with Crippen LogP contribution in [0.25, 0.3) is 0 Å². The highest BCUT2D eigenvalue weighted by atomic mass is 16.5. The highest BCUT2D eigenvalue weighted by Crippen LogP contribution is 2.12. The van der Waals surface area contributed by atoms with E-state index in [-0.39, 0.29) is 0 Å². The Morgan fingerprint density at radius 2 is 2.25 bits per heavy atom. The summed E-state index contributed by atoms with van der Waals surface area (Å²) in [7, 11) is 3.64. The van der Waals surface area contributed by atoms with Gasteiger partial charge in [-0.05, 0) is 18.2 Å². The predicted octanol–water partition coefficient (Wildman–Crippen LogP) is 2.04. The molecule has 4 nitrogen and oxygen atoms in total. The molecule has 0 saturated heterocycles. The van der Waals surface area contributed by atoms with Crippen LogP contribution < -0.4 is 10.1 Å². The number of methoxy groups -OCH3 is 1. The number of nitrogens with zero attached hydrogens (tertiary/aromatic N) is 2. The Balaban J connectivity index is 1.97. The van der Waals surface area contributed by atoms with E-state index in [2.05, 4.69) is 20.9 Å². The molecule has 4 heteroatoms. The van der Waals surface area contributed by atoms with Crippen LogP contribution in [0.4, 0.5) is 5.69 Å². The van der Waals surface area contributed by atoms with Crippen molar-refractivity contribution >= 4 is 5.69 Å². The smallest absolute Gasteiger partial charge is 0.213 e. The van der Waals surface area contributed by atoms with Gasteiger partial charge in [0.25, 0.3) is 0 Å². The maximum atomic E-state index is 5.00. The zero-order valence-electron chi connectivity index (χ0n) is 9.47. The second-order valence-electron chi connectivity index (χ2n) is 3.55. The summed E-state index contributed by atoms with van der Waals surface area (Å²) in [5.41, 5.74) is 2.22. The third kappa shape index (κ3) is 2.34. The number of aromatic nitrogens is 2. The highest BCUT2D eigenvalue weighted by molar-refractivity contribution is 5.42. The summed E-state index contributed by atoms with van der Waals surface area (Å²) in [6.45, 7) is 0.789. The SMILES string of the molecule is COc1ccc(NCc2cccn2C)cn1. The average Bonchev–Trinajstić information content (AvgIpc) is 2.73. The molecule has 1 N–H and O–H groups in total. The van der Waals surface area contributed by atoms with E-state index in [0.29, 0.717) is 5.88 Å². The number of ether oxygens (including phenoxy) is 1. The Kier molecular flexibility index (Phi) is 3.10. The van der Waals surface area contributed by atoms with Gasteiger partial charge in [0.15, 0.2) is 0 Å². The van der Waals surface area contributed by atoms with Crippen LogP contribution in [0.15, 0.2) is 36.7 Å². The van der Waals surface area contributed by atoms with Gasteiger partial charge >= 0.3 is 0 Å². The standard InChI is InChI=1S/C12H15N3O/c1-15-7-3-4-11(15)9-13-10-5-6-12(16-2)14-8-10/h3-8,13H,9H2,1-2H3. The first-order valence-electron chi connectivity index (χ1n) is 5.14. The fourth-order valence-corrected chi connectivity index (χ4v) is 1.48. The van der Waals surface area contributed by atoms with Gasteiger partial charge < -0.3 is 14.6 Å². The fraction of sp³-hybridized carbons (Fsp3) is 0.250. The van der Waals surface area contributed by atoms with Gasteiger partial charge in [-0.1, -0.05) is 0 Å². The van der Waals surface area contributed by atoms with Crippen LogP contribution in [-0.2, 0) is 13.6 Å². The topological polar surface area (TPSA) is 39.1 Å². The van der Waals surface area contributed by atoms with Gasteiger partial charge in [-0.15, -0.1) is 0 Å². The van der Waals surface area contributed by atoms with Crippen LogP contribution in [0, 0.1) is 0 Å². The minimum absolute atomic E-state index is 0.629. The van der Waals surface area contributed by atoms with Gasteiger partial charge in [0.05, 0.1) is 25.5 Å². The Hall–Kier alpha value is -1.97. The number of anilines is 1. The summed E-state index contributed by atoms with van der Waals surface area (Å²) < 4.78 is 7.08. The first-order chi connectivity index (χ1) is 7.79. The third-order valence-electron chi connectivity index (χ3n) is 2.47. The van der Waals surface area contributed by atoms with Crippen molar-refractivity contribution in [2.24, 2.45) is 7.05 Å². The van der Waals surface area contributed by atoms with Crippen molar-refractivity contribution in [1.82, 2.24) is 9.55 Å². The summed E-state index contributed by atoms with van der Waals surface area (Å²) in [5.74, 6) is 0.629. The fourth-order valence-electron chi connectivity index (χ4n) is 1.48. The van der Waals surface area contributed by atoms with Crippen molar-refractivity contribution in [2.45, 2.75) is 6.54 Å². The molecule has 0 spiro atoms. The van der Waals surface area contributed by atoms with E-state index < -0.39 is 0 Å². The zero-order chi connectivity index (χ0) is 11.4. The molecular formula is C12H15N3O. The number of nitrogens with one attached hydrogen (secondary N) is 1. The number of aryl methyl sites for hydroxylation is 1.